The zero-order chi connectivity index (χ0) is 33.8. The first-order valence-corrected chi connectivity index (χ1v) is 16.3. The number of methoxy groups -OCH3 is 3. The molecule has 1 aliphatic carbocycles. The molecule has 10 nitrogen and oxygen atoms in total. The molecule has 0 spiro atoms. The van der Waals surface area contributed by atoms with Crippen LogP contribution >= 0.6 is 0 Å². The van der Waals surface area contributed by atoms with Crippen molar-refractivity contribution in [2.75, 3.05) is 41.0 Å². The molecule has 3 atom stereocenters. The lowest BCUT2D eigenvalue weighted by Gasteiger charge is -2.36. The number of fused-ring (bicyclic) bond motifs is 3. The minimum atomic E-state index is -0.855. The monoisotopic (exact) mass is 639 g/mol. The number of benzene rings is 2. The molecule has 0 bridgehead atoms. The second-order valence-electron chi connectivity index (χ2n) is 12.6. The maximum atomic E-state index is 14.2. The quantitative estimate of drug-likeness (QED) is 0.212. The Balaban J connectivity index is 1.73. The van der Waals surface area contributed by atoms with Crippen molar-refractivity contribution in [3.8, 4) is 11.1 Å². The van der Waals surface area contributed by atoms with E-state index in [0.29, 0.717) is 25.8 Å². The fraction of sp³-hybridized carbons (Fsp3) is 0.583. The average Bonchev–Trinajstić information content (AvgIpc) is 3.36. The fourth-order valence-corrected chi connectivity index (χ4v) is 6.19. The van der Waals surface area contributed by atoms with Gasteiger partial charge in [0.15, 0.2) is 6.29 Å². The molecule has 0 fully saturated rings. The molecule has 2 aromatic carbocycles. The molecule has 10 heteroatoms. The summed E-state index contributed by atoms with van der Waals surface area (Å²) in [6.07, 6.45) is -0.00394. The van der Waals surface area contributed by atoms with Gasteiger partial charge in [-0.25, -0.2) is 4.79 Å². The van der Waals surface area contributed by atoms with Crippen molar-refractivity contribution in [2.45, 2.75) is 84.3 Å². The van der Waals surface area contributed by atoms with Gasteiger partial charge in [-0.15, -0.1) is 0 Å². The van der Waals surface area contributed by atoms with Crippen LogP contribution < -0.4 is 10.6 Å². The summed E-state index contributed by atoms with van der Waals surface area (Å²) in [5, 5.41) is 5.82. The number of ether oxygens (including phenoxy) is 4. The summed E-state index contributed by atoms with van der Waals surface area (Å²) in [6.45, 7) is 10.5. The average molecular weight is 640 g/mol. The van der Waals surface area contributed by atoms with Gasteiger partial charge in [0.2, 0.25) is 11.8 Å². The summed E-state index contributed by atoms with van der Waals surface area (Å²) < 4.78 is 21.9. The smallest absolute Gasteiger partial charge is 0.407 e. The van der Waals surface area contributed by atoms with E-state index in [1.54, 1.807) is 26.2 Å². The number of carbonyl (C=O) groups excluding carboxylic acids is 3. The Labute approximate surface area is 274 Å². The van der Waals surface area contributed by atoms with Crippen molar-refractivity contribution in [1.29, 1.82) is 0 Å². The van der Waals surface area contributed by atoms with Gasteiger partial charge in [0, 0.05) is 46.8 Å². The molecule has 2 unspecified atom stereocenters. The third kappa shape index (κ3) is 9.53. The number of hydrogen-bond acceptors (Lipinski definition) is 7. The molecule has 3 amide bonds. The standard InChI is InChI=1S/C36H53N3O7/c1-9-18-39(33(24(4)5)34(40)37-21-25(43-6)20-32(44-7)45-8)35(41)31(19-23(2)3)38-36(42)46-22-30-28-16-12-10-14-26(28)27-15-11-13-17-29(27)30/h10-17,23-25,30-33H,9,18-22H2,1-8H3,(H,37,40)(H,38,42)/t25?,31-,33?/m0/s1. The number of hydrogen-bond donors (Lipinski definition) is 2. The third-order valence-electron chi connectivity index (χ3n) is 8.44. The molecule has 0 saturated heterocycles. The van der Waals surface area contributed by atoms with Gasteiger partial charge < -0.3 is 34.5 Å². The highest BCUT2D eigenvalue weighted by molar-refractivity contribution is 5.91. The largest absolute Gasteiger partial charge is 0.449 e. The lowest BCUT2D eigenvalue weighted by atomic mass is 9.97. The Kier molecular flexibility index (Phi) is 14.5. The third-order valence-corrected chi connectivity index (χ3v) is 8.44. The Morgan fingerprint density at radius 3 is 1.93 bits per heavy atom. The topological polar surface area (TPSA) is 115 Å². The molecule has 46 heavy (non-hydrogen) atoms. The number of rotatable bonds is 18. The predicted octanol–water partition coefficient (Wildman–Crippen LogP) is 5.34. The van der Waals surface area contributed by atoms with E-state index in [1.165, 1.54) is 0 Å². The van der Waals surface area contributed by atoms with Crippen LogP contribution in [0.1, 0.15) is 70.9 Å². The number of amides is 3. The highest BCUT2D eigenvalue weighted by Crippen LogP contribution is 2.44. The van der Waals surface area contributed by atoms with Crippen molar-refractivity contribution in [3.05, 3.63) is 59.7 Å². The molecule has 3 rings (SSSR count). The Morgan fingerprint density at radius 1 is 0.848 bits per heavy atom. The first-order valence-electron chi connectivity index (χ1n) is 16.3. The van der Waals surface area contributed by atoms with Crippen LogP contribution in [0.25, 0.3) is 11.1 Å². The van der Waals surface area contributed by atoms with E-state index in [1.807, 2.05) is 58.9 Å². The number of nitrogens with one attached hydrogen (secondary N) is 2. The van der Waals surface area contributed by atoms with Gasteiger partial charge in [-0.05, 0) is 46.9 Å². The Hall–Kier alpha value is -3.47. The van der Waals surface area contributed by atoms with Crippen LogP contribution in [0.3, 0.4) is 0 Å². The fourth-order valence-electron chi connectivity index (χ4n) is 6.19. The van der Waals surface area contributed by atoms with E-state index in [2.05, 4.69) is 34.9 Å². The zero-order valence-corrected chi connectivity index (χ0v) is 28.7. The van der Waals surface area contributed by atoms with Crippen LogP contribution in [-0.2, 0) is 28.5 Å². The minimum Gasteiger partial charge on any atom is -0.449 e. The van der Waals surface area contributed by atoms with Gasteiger partial charge in [0.1, 0.15) is 18.7 Å². The lowest BCUT2D eigenvalue weighted by molar-refractivity contribution is -0.144. The maximum Gasteiger partial charge on any atom is 0.407 e. The molecule has 0 aliphatic heterocycles. The first-order chi connectivity index (χ1) is 22.1. The van der Waals surface area contributed by atoms with Crippen molar-refractivity contribution >= 4 is 17.9 Å². The van der Waals surface area contributed by atoms with Crippen LogP contribution in [0.5, 0.6) is 0 Å². The van der Waals surface area contributed by atoms with E-state index < -0.39 is 24.5 Å². The van der Waals surface area contributed by atoms with Crippen molar-refractivity contribution in [3.63, 3.8) is 0 Å². The van der Waals surface area contributed by atoms with Crippen LogP contribution in [0.2, 0.25) is 0 Å². The summed E-state index contributed by atoms with van der Waals surface area (Å²) >= 11 is 0. The zero-order valence-electron chi connectivity index (χ0n) is 28.7. The molecule has 0 heterocycles. The van der Waals surface area contributed by atoms with Gasteiger partial charge in [0.05, 0.1) is 6.10 Å². The van der Waals surface area contributed by atoms with Crippen LogP contribution in [0, 0.1) is 11.8 Å². The molecule has 2 N–H and O–H groups in total. The van der Waals surface area contributed by atoms with Gasteiger partial charge in [-0.2, -0.15) is 0 Å². The van der Waals surface area contributed by atoms with Gasteiger partial charge in [-0.3, -0.25) is 9.59 Å². The van der Waals surface area contributed by atoms with Gasteiger partial charge >= 0.3 is 6.09 Å². The van der Waals surface area contributed by atoms with E-state index in [0.717, 1.165) is 22.3 Å². The van der Waals surface area contributed by atoms with Crippen LogP contribution in [0.15, 0.2) is 48.5 Å². The number of carbonyl (C=O) groups is 3. The van der Waals surface area contributed by atoms with Gasteiger partial charge in [0.25, 0.3) is 0 Å². The molecule has 0 aromatic heterocycles. The predicted molar refractivity (Wildman–Crippen MR) is 178 cm³/mol. The molecule has 2 aromatic rings. The second-order valence-corrected chi connectivity index (χ2v) is 12.6. The van der Waals surface area contributed by atoms with Gasteiger partial charge in [-0.1, -0.05) is 83.1 Å². The molecule has 254 valence electrons. The van der Waals surface area contributed by atoms with Crippen molar-refractivity contribution < 1.29 is 33.3 Å². The van der Waals surface area contributed by atoms with Crippen molar-refractivity contribution in [1.82, 2.24) is 15.5 Å². The van der Waals surface area contributed by atoms with Crippen LogP contribution in [0.4, 0.5) is 4.79 Å². The summed E-state index contributed by atoms with van der Waals surface area (Å²) in [7, 11) is 4.66. The Bertz CT molecular complexity index is 1230. The van der Waals surface area contributed by atoms with E-state index in [9.17, 15) is 14.4 Å². The minimum absolute atomic E-state index is 0.0954. The molecular formula is C36H53N3O7. The summed E-state index contributed by atoms with van der Waals surface area (Å²) in [5.41, 5.74) is 4.51. The lowest BCUT2D eigenvalue weighted by Crippen LogP contribution is -2.58. The second kappa shape index (κ2) is 18.0. The van der Waals surface area contributed by atoms with Crippen LogP contribution in [-0.4, -0.2) is 88.3 Å². The first kappa shape index (κ1) is 37.0. The van der Waals surface area contributed by atoms with Crippen molar-refractivity contribution in [2.24, 2.45) is 11.8 Å². The number of nitrogens with zero attached hydrogens (tertiary/aromatic N) is 1. The van der Waals surface area contributed by atoms with E-state index in [4.69, 9.17) is 18.9 Å². The molecule has 1 aliphatic rings. The molecule has 0 radical (unpaired) electrons. The molecular weight excluding hydrogens is 586 g/mol. The SMILES string of the molecule is CCCN(C(=O)[C@H](CC(C)C)NC(=O)OCC1c2ccccc2-c2ccccc21)C(C(=O)NCC(CC(OC)OC)OC)C(C)C. The Morgan fingerprint density at radius 2 is 1.43 bits per heavy atom. The normalized spacial score (nSPS) is 14.5. The maximum absolute atomic E-state index is 14.2. The van der Waals surface area contributed by atoms with E-state index >= 15 is 0 Å². The summed E-state index contributed by atoms with van der Waals surface area (Å²) in [5.74, 6) is -0.761. The molecule has 0 saturated carbocycles. The summed E-state index contributed by atoms with van der Waals surface area (Å²) in [4.78, 5) is 42.7. The number of alkyl carbamates (subject to hydrolysis) is 1. The summed E-state index contributed by atoms with van der Waals surface area (Å²) in [6, 6.07) is 14.7. The van der Waals surface area contributed by atoms with E-state index in [-0.39, 0.29) is 48.8 Å². The highest BCUT2D eigenvalue weighted by Gasteiger charge is 2.37. The highest BCUT2D eigenvalue weighted by atomic mass is 16.7.